The highest BCUT2D eigenvalue weighted by Crippen LogP contribution is 2.57. The number of carbonyl (C=O) groups is 2. The summed E-state index contributed by atoms with van der Waals surface area (Å²) in [6.07, 6.45) is -4.50. The fraction of sp³-hybridized carbons (Fsp3) is 0.517. The number of carbonyl (C=O) groups excluding carboxylic acids is 2. The third kappa shape index (κ3) is 4.72. The predicted octanol–water partition coefficient (Wildman–Crippen LogP) is 4.16. The number of benzene rings is 2. The average molecular weight is 566 g/mol. The first kappa shape index (κ1) is 29.8. The van der Waals surface area contributed by atoms with Gasteiger partial charge in [-0.2, -0.15) is 13.2 Å². The van der Waals surface area contributed by atoms with Crippen molar-refractivity contribution in [3.05, 3.63) is 70.5 Å². The second-order valence-electron chi connectivity index (χ2n) is 10.8. The number of urea groups is 1. The monoisotopic (exact) mass is 565 g/mol. The van der Waals surface area contributed by atoms with Gasteiger partial charge in [0.25, 0.3) is 0 Å². The number of aryl methyl sites for hydroxylation is 1. The van der Waals surface area contributed by atoms with E-state index in [-0.39, 0.29) is 57.0 Å². The van der Waals surface area contributed by atoms with Crippen LogP contribution in [0.3, 0.4) is 0 Å². The second-order valence-corrected chi connectivity index (χ2v) is 10.8. The maximum atomic E-state index is 14.8. The number of amides is 3. The molecule has 0 aromatic heterocycles. The van der Waals surface area contributed by atoms with Crippen LogP contribution in [0.25, 0.3) is 0 Å². The normalized spacial score (nSPS) is 23.2. The summed E-state index contributed by atoms with van der Waals surface area (Å²) in [5, 5.41) is 22.4. The molecule has 2 heterocycles. The Morgan fingerprint density at radius 1 is 1.12 bits per heavy atom. The number of nitrogens with zero attached hydrogens (tertiary/aromatic N) is 2. The summed E-state index contributed by atoms with van der Waals surface area (Å²) in [5.74, 6) is -2.26. The number of hydrogen-bond donors (Lipinski definition) is 3. The number of aliphatic hydroxyl groups excluding tert-OH is 2. The van der Waals surface area contributed by atoms with Gasteiger partial charge in [-0.1, -0.05) is 31.2 Å². The number of hydrogen-bond acceptors (Lipinski definition) is 4. The molecule has 2 aliphatic heterocycles. The second kappa shape index (κ2) is 11.0. The Kier molecular flexibility index (Phi) is 8.20. The lowest BCUT2D eigenvalue weighted by Gasteiger charge is -2.57. The zero-order chi connectivity index (χ0) is 29.5. The van der Waals surface area contributed by atoms with Crippen LogP contribution in [-0.4, -0.2) is 71.3 Å². The van der Waals surface area contributed by atoms with Crippen molar-refractivity contribution in [3.63, 3.8) is 0 Å². The highest BCUT2D eigenvalue weighted by Gasteiger charge is 2.64. The van der Waals surface area contributed by atoms with Crippen LogP contribution >= 0.6 is 0 Å². The third-order valence-electron chi connectivity index (χ3n) is 8.82. The lowest BCUT2D eigenvalue weighted by Crippen LogP contribution is -2.69. The molecule has 7 nitrogen and oxygen atoms in total. The summed E-state index contributed by atoms with van der Waals surface area (Å²) in [6, 6.07) is 8.33. The van der Waals surface area contributed by atoms with Gasteiger partial charge in [0.05, 0.1) is 22.6 Å². The van der Waals surface area contributed by atoms with Crippen molar-refractivity contribution in [3.8, 4) is 0 Å². The fourth-order valence-corrected chi connectivity index (χ4v) is 7.00. The lowest BCUT2D eigenvalue weighted by molar-refractivity contribution is -0.142. The minimum absolute atomic E-state index is 0.0283. The molecule has 2 aromatic rings. The maximum absolute atomic E-state index is 14.8. The number of nitrogens with one attached hydrogen (secondary N) is 1. The van der Waals surface area contributed by atoms with Crippen molar-refractivity contribution in [1.82, 2.24) is 15.1 Å². The molecule has 0 saturated carbocycles. The molecule has 2 aliphatic rings. The molecule has 2 saturated heterocycles. The van der Waals surface area contributed by atoms with E-state index in [1.807, 2.05) is 13.0 Å². The van der Waals surface area contributed by atoms with Gasteiger partial charge in [0.2, 0.25) is 5.91 Å². The predicted molar refractivity (Wildman–Crippen MR) is 140 cm³/mol. The molecule has 3 atom stereocenters. The van der Waals surface area contributed by atoms with E-state index in [2.05, 4.69) is 5.32 Å². The summed E-state index contributed by atoms with van der Waals surface area (Å²) in [4.78, 5) is 30.7. The molecule has 0 bridgehead atoms. The fourth-order valence-electron chi connectivity index (χ4n) is 7.00. The smallest absolute Gasteiger partial charge is 0.396 e. The van der Waals surface area contributed by atoms with Gasteiger partial charge in [0.1, 0.15) is 5.82 Å². The van der Waals surface area contributed by atoms with E-state index in [4.69, 9.17) is 0 Å². The number of aliphatic hydroxyl groups is 2. The van der Waals surface area contributed by atoms with Crippen molar-refractivity contribution >= 4 is 11.9 Å². The van der Waals surface area contributed by atoms with Crippen LogP contribution in [-0.2, 0) is 16.5 Å². The quantitative estimate of drug-likeness (QED) is 0.440. The Bertz CT molecular complexity index is 1260. The Balaban J connectivity index is 2.06. The largest absolute Gasteiger partial charge is 0.416 e. The first-order valence-electron chi connectivity index (χ1n) is 13.3. The van der Waals surface area contributed by atoms with Gasteiger partial charge >= 0.3 is 12.2 Å². The van der Waals surface area contributed by atoms with Crippen LogP contribution in [0, 0.1) is 18.2 Å². The zero-order valence-corrected chi connectivity index (χ0v) is 22.8. The third-order valence-corrected chi connectivity index (χ3v) is 8.82. The Labute approximate surface area is 230 Å². The molecule has 2 aromatic carbocycles. The van der Waals surface area contributed by atoms with Crippen molar-refractivity contribution in [2.45, 2.75) is 56.8 Å². The van der Waals surface area contributed by atoms with Crippen molar-refractivity contribution in [2.75, 3.05) is 33.4 Å². The van der Waals surface area contributed by atoms with Gasteiger partial charge in [-0.3, -0.25) is 4.79 Å². The molecule has 2 fully saturated rings. The minimum Gasteiger partial charge on any atom is -0.396 e. The van der Waals surface area contributed by atoms with Crippen LogP contribution in [0.1, 0.15) is 54.4 Å². The van der Waals surface area contributed by atoms with E-state index >= 15 is 0 Å². The topological polar surface area (TPSA) is 93.1 Å². The van der Waals surface area contributed by atoms with Gasteiger partial charge in [0, 0.05) is 39.3 Å². The lowest BCUT2D eigenvalue weighted by atomic mass is 9.64. The first-order valence-corrected chi connectivity index (χ1v) is 13.3. The summed E-state index contributed by atoms with van der Waals surface area (Å²) < 4.78 is 56.1. The summed E-state index contributed by atoms with van der Waals surface area (Å²) in [5.41, 5.74) is -2.30. The van der Waals surface area contributed by atoms with Gasteiger partial charge in [-0.05, 0) is 61.1 Å². The van der Waals surface area contributed by atoms with Gasteiger partial charge in [-0.25, -0.2) is 9.18 Å². The van der Waals surface area contributed by atoms with Crippen LogP contribution in [0.2, 0.25) is 0 Å². The van der Waals surface area contributed by atoms with E-state index in [1.165, 1.54) is 7.05 Å². The van der Waals surface area contributed by atoms with Gasteiger partial charge in [0.15, 0.2) is 0 Å². The number of alkyl halides is 3. The van der Waals surface area contributed by atoms with Crippen molar-refractivity contribution in [2.24, 2.45) is 5.41 Å². The van der Waals surface area contributed by atoms with E-state index in [9.17, 15) is 37.4 Å². The SMILES string of the molecule is CNC(=O)N1CCN2C(=O)C(CCO)(CCO)CC2C1(c1ccccc1C)[C@H](C)c1cc(F)cc(C(F)(F)F)c1. The molecule has 3 N–H and O–H groups in total. The summed E-state index contributed by atoms with van der Waals surface area (Å²) in [7, 11) is 1.45. The highest BCUT2D eigenvalue weighted by molar-refractivity contribution is 5.87. The Morgan fingerprint density at radius 3 is 2.35 bits per heavy atom. The van der Waals surface area contributed by atoms with Crippen molar-refractivity contribution in [1.29, 1.82) is 0 Å². The standard InChI is InChI=1S/C29H35F4N3O4/c1-18-6-4-5-7-23(18)28(19(2)20-14-21(29(31,32)33)16-22(30)15-20)24-17-27(8-12-37,9-13-38)25(39)35(24)10-11-36(28)26(40)34-3/h4-7,14-16,19,24,37-38H,8-13,17H2,1-3H3,(H,34,40)/t19-,24?,28?/m1/s1. The Hall–Kier alpha value is -3.18. The number of halogens is 4. The molecule has 3 amide bonds. The molecule has 11 heteroatoms. The van der Waals surface area contributed by atoms with Crippen LogP contribution in [0.15, 0.2) is 42.5 Å². The van der Waals surface area contributed by atoms with E-state index in [0.29, 0.717) is 11.6 Å². The number of fused-ring (bicyclic) bond motifs is 1. The molecule has 2 unspecified atom stereocenters. The van der Waals surface area contributed by atoms with Gasteiger partial charge in [-0.15, -0.1) is 0 Å². The molecule has 0 spiro atoms. The molecule has 40 heavy (non-hydrogen) atoms. The average Bonchev–Trinajstić information content (AvgIpc) is 3.18. The minimum atomic E-state index is -4.80. The molecule has 0 aliphatic carbocycles. The molecule has 4 rings (SSSR count). The van der Waals surface area contributed by atoms with E-state index in [0.717, 1.165) is 17.7 Å². The Morgan fingerprint density at radius 2 is 1.77 bits per heavy atom. The maximum Gasteiger partial charge on any atom is 0.416 e. The molecular weight excluding hydrogens is 530 g/mol. The zero-order valence-electron chi connectivity index (χ0n) is 22.8. The number of piperazine rings is 1. The number of rotatable bonds is 7. The van der Waals surface area contributed by atoms with E-state index in [1.54, 1.807) is 34.9 Å². The van der Waals surface area contributed by atoms with Crippen LogP contribution in [0.5, 0.6) is 0 Å². The summed E-state index contributed by atoms with van der Waals surface area (Å²) in [6.45, 7) is 3.09. The molecular formula is C29H35F4N3O4. The first-order chi connectivity index (χ1) is 18.9. The van der Waals surface area contributed by atoms with Crippen LogP contribution in [0.4, 0.5) is 22.4 Å². The molecule has 218 valence electrons. The van der Waals surface area contributed by atoms with Gasteiger partial charge < -0.3 is 25.3 Å². The van der Waals surface area contributed by atoms with Crippen LogP contribution < -0.4 is 5.32 Å². The van der Waals surface area contributed by atoms with E-state index < -0.39 is 46.5 Å². The van der Waals surface area contributed by atoms with Crippen molar-refractivity contribution < 1.29 is 37.4 Å². The summed E-state index contributed by atoms with van der Waals surface area (Å²) >= 11 is 0. The molecule has 0 radical (unpaired) electrons. The highest BCUT2D eigenvalue weighted by atomic mass is 19.4.